The number of halogens is 3. The molecule has 0 aliphatic rings. The van der Waals surface area contributed by atoms with Crippen molar-refractivity contribution >= 4 is 69.7 Å². The molecule has 0 aliphatic carbocycles. The van der Waals surface area contributed by atoms with Gasteiger partial charge in [0.1, 0.15) is 28.9 Å². The number of nitrogen functional groups attached to an aromatic ring is 3. The minimum Gasteiger partial charge on any atom is -0.870 e. The number of aliphatic hydroxyl groups is 2. The Morgan fingerprint density at radius 1 is 0.558 bits per heavy atom. The van der Waals surface area contributed by atoms with Crippen LogP contribution in [-0.2, 0) is 42.5 Å². The Hall–Kier alpha value is -5.92. The maximum atomic E-state index is 13.0. The molecule has 5 aromatic carbocycles. The van der Waals surface area contributed by atoms with E-state index in [1.165, 1.54) is 29.8 Å². The van der Waals surface area contributed by atoms with Crippen LogP contribution in [0.5, 0.6) is 17.2 Å². The average molecular weight is 1400 g/mol. The number of nitrogens with one attached hydrogen (secondary N) is 1. The molecule has 0 spiro atoms. The molecule has 24 heteroatoms. The standard InChI is InChI=1S/C28H37ClN4O3.C18H27N3O.C13H18ClNO3.C10H12ClNO3.2CH4.K.H2O/c1-17(2)36-25-15-23(30)21(14-22(25)29)26(35)31-20(11-12-34)13-18-7-9-19(10-8-18)24-16-33(6)27(32-24)28(3,4)5;1-18(2,3)17-20-16(12-21(17)4)14-7-5-13(6-8-14)11-15(19)9-10-22;1-7(2)17-12-6-11(15)9(5-10(12)14)13(16)18-8(3)4;1-5(2)15-9-4-8(12)6(10(13)14)3-7(9)11;;;;/h7-10,14-17,20,34H,11-13,30H2,1-6H3,(H,31,35);5-8,12,15,22H,9-11,19H2,1-4H3;5-8H,15H2,1-4H3;3-5H,12H2,1-2H3,(H,13,14);2*1H4;;1H2/q;;;;;;+1;/p-1/t20-;15-;;;;;;/m11....../s1. The molecule has 95 heavy (non-hydrogen) atoms. The second-order valence-electron chi connectivity index (χ2n) is 25.2. The molecule has 520 valence electrons. The third-order valence-electron chi connectivity index (χ3n) is 13.3. The van der Waals surface area contributed by atoms with Gasteiger partial charge in [-0.05, 0) is 110 Å². The van der Waals surface area contributed by atoms with E-state index in [0.717, 1.165) is 46.1 Å². The first kappa shape index (κ1) is 89.1. The molecule has 20 nitrogen and oxygen atoms in total. The zero-order valence-corrected chi connectivity index (χ0v) is 62.2. The summed E-state index contributed by atoms with van der Waals surface area (Å²) in [6.07, 6.45) is 6.17. The van der Waals surface area contributed by atoms with E-state index < -0.39 is 11.9 Å². The van der Waals surface area contributed by atoms with Crippen LogP contribution in [0.4, 0.5) is 17.1 Å². The van der Waals surface area contributed by atoms with Gasteiger partial charge in [-0.1, -0.05) is 140 Å². The van der Waals surface area contributed by atoms with Gasteiger partial charge in [-0.25, -0.2) is 19.6 Å². The van der Waals surface area contributed by atoms with Gasteiger partial charge in [0.15, 0.2) is 0 Å². The molecule has 0 bridgehead atoms. The normalized spacial score (nSPS) is 11.6. The van der Waals surface area contributed by atoms with E-state index in [4.69, 9.17) is 96.9 Å². The molecule has 7 rings (SSSR count). The summed E-state index contributed by atoms with van der Waals surface area (Å²) in [5.74, 6) is 1.47. The fourth-order valence-electron chi connectivity index (χ4n) is 9.30. The number of hydrogen-bond acceptors (Lipinski definition) is 16. The van der Waals surface area contributed by atoms with E-state index in [-0.39, 0.29) is 171 Å². The summed E-state index contributed by atoms with van der Waals surface area (Å²) in [6, 6.07) is 25.1. The topological polar surface area (TPSA) is 331 Å². The minimum absolute atomic E-state index is 0. The van der Waals surface area contributed by atoms with Crippen molar-refractivity contribution in [1.29, 1.82) is 0 Å². The number of rotatable bonds is 21. The van der Waals surface area contributed by atoms with Crippen LogP contribution in [-0.4, -0.2) is 107 Å². The number of aromatic carboxylic acids is 1. The number of nitrogens with zero attached hydrogens (tertiary/aromatic N) is 4. The van der Waals surface area contributed by atoms with Crippen molar-refractivity contribution in [1.82, 2.24) is 24.4 Å². The number of aromatic nitrogens is 4. The van der Waals surface area contributed by atoms with E-state index >= 15 is 0 Å². The first-order valence-corrected chi connectivity index (χ1v) is 31.3. The number of aryl methyl sites for hydroxylation is 2. The SMILES string of the molecule is C.C.CC(C)OC(=O)c1cc(Cl)c(OC(C)C)cc1N.CC(C)Oc1cc(N)c(C(=O)N[C@H](CCO)Cc2ccc(-c3cn(C)c(C(C)(C)C)n3)cc2)cc1Cl.CC(C)Oc1cc(N)c(C(=O)O)cc1Cl.Cn1cc(-c2ccc(C[C@H](N)CCO)cc2)nc1C(C)(C)C.[K+].[OH-]. The van der Waals surface area contributed by atoms with Crippen LogP contribution in [0.3, 0.4) is 0 Å². The van der Waals surface area contributed by atoms with Crippen LogP contribution in [0.15, 0.2) is 97.3 Å². The van der Waals surface area contributed by atoms with Crippen LogP contribution in [0.25, 0.3) is 22.5 Å². The van der Waals surface area contributed by atoms with Gasteiger partial charge < -0.3 is 77.1 Å². The maximum absolute atomic E-state index is 13.0. The smallest absolute Gasteiger partial charge is 0.870 e. The van der Waals surface area contributed by atoms with Gasteiger partial charge >= 0.3 is 63.3 Å². The molecule has 2 aromatic heterocycles. The van der Waals surface area contributed by atoms with Gasteiger partial charge in [0.05, 0.1) is 67.6 Å². The Kier molecular flexibility index (Phi) is 38.2. The molecule has 0 saturated carbocycles. The summed E-state index contributed by atoms with van der Waals surface area (Å²) in [4.78, 5) is 45.1. The van der Waals surface area contributed by atoms with Gasteiger partial charge in [-0.3, -0.25) is 4.79 Å². The molecule has 7 aromatic rings. The number of ether oxygens (including phenoxy) is 4. The number of benzene rings is 5. The van der Waals surface area contributed by atoms with Crippen molar-refractivity contribution in [2.24, 2.45) is 19.8 Å². The molecule has 13 N–H and O–H groups in total. The Morgan fingerprint density at radius 3 is 1.24 bits per heavy atom. The summed E-state index contributed by atoms with van der Waals surface area (Å²) < 4.78 is 25.7. The Balaban J connectivity index is 0.00000130. The van der Waals surface area contributed by atoms with Crippen LogP contribution in [0, 0.1) is 0 Å². The zero-order chi connectivity index (χ0) is 68.4. The second kappa shape index (κ2) is 40.7. The van der Waals surface area contributed by atoms with Gasteiger partial charge in [0.25, 0.3) is 5.91 Å². The number of aliphatic hydroxyl groups excluding tert-OH is 2. The third-order valence-corrected chi connectivity index (χ3v) is 14.2. The monoisotopic (exact) mass is 1400 g/mol. The summed E-state index contributed by atoms with van der Waals surface area (Å²) >= 11 is 18.2. The zero-order valence-electron chi connectivity index (χ0n) is 56.8. The number of imidazole rings is 2. The van der Waals surface area contributed by atoms with E-state index in [0.29, 0.717) is 52.2 Å². The predicted molar refractivity (Wildman–Crippen MR) is 383 cm³/mol. The molecule has 2 atom stereocenters. The average Bonchev–Trinajstić information content (AvgIpc) is 1.83. The number of carbonyl (C=O) groups is 3. The number of anilines is 3. The van der Waals surface area contributed by atoms with Crippen LogP contribution in [0.1, 0.15) is 178 Å². The van der Waals surface area contributed by atoms with E-state index in [1.807, 2.05) is 86.1 Å². The fourth-order valence-corrected chi connectivity index (χ4v) is 9.93. The van der Waals surface area contributed by atoms with Crippen LogP contribution >= 0.6 is 34.8 Å². The maximum Gasteiger partial charge on any atom is 1.00 e. The van der Waals surface area contributed by atoms with Gasteiger partial charge in [-0.2, -0.15) is 0 Å². The largest absolute Gasteiger partial charge is 1.00 e. The number of esters is 1. The third kappa shape index (κ3) is 28.2. The summed E-state index contributed by atoms with van der Waals surface area (Å²) in [6.45, 7) is 27.8. The molecule has 0 radical (unpaired) electrons. The molecule has 1 amide bonds. The summed E-state index contributed by atoms with van der Waals surface area (Å²) in [7, 11) is 4.05. The molecule has 0 fully saturated rings. The number of carbonyl (C=O) groups excluding carboxylic acids is 2. The van der Waals surface area contributed by atoms with Gasteiger partial charge in [-0.15, -0.1) is 0 Å². The molecular formula is C71H103Cl3KN9O11. The van der Waals surface area contributed by atoms with Crippen molar-refractivity contribution < 1.29 is 106 Å². The van der Waals surface area contributed by atoms with Crippen molar-refractivity contribution in [3.05, 3.63) is 152 Å². The van der Waals surface area contributed by atoms with Crippen molar-refractivity contribution in [3.8, 4) is 39.8 Å². The van der Waals surface area contributed by atoms with Gasteiger partial charge in [0.2, 0.25) is 0 Å². The molecule has 0 unspecified atom stereocenters. The van der Waals surface area contributed by atoms with E-state index in [2.05, 4.69) is 86.5 Å². The van der Waals surface area contributed by atoms with Crippen LogP contribution in [0.2, 0.25) is 15.1 Å². The Morgan fingerprint density at radius 2 is 0.905 bits per heavy atom. The first-order valence-electron chi connectivity index (χ1n) is 30.2. The summed E-state index contributed by atoms with van der Waals surface area (Å²) in [5.41, 5.74) is 30.9. The number of carboxylic acid groups (broad SMARTS) is 1. The van der Waals surface area contributed by atoms with Crippen molar-refractivity contribution in [2.45, 2.75) is 185 Å². The van der Waals surface area contributed by atoms with E-state index in [1.54, 1.807) is 26.0 Å². The quantitative estimate of drug-likeness (QED) is 0.0188. The first-order chi connectivity index (χ1) is 42.4. The minimum atomic E-state index is -1.11. The number of hydrogen-bond donors (Lipinski definition) is 8. The number of nitrogens with two attached hydrogens (primary N) is 4. The molecule has 2 heterocycles. The second-order valence-corrected chi connectivity index (χ2v) is 26.5. The Bertz CT molecular complexity index is 3530. The fraction of sp³-hybridized carbons (Fsp3) is 0.451. The predicted octanol–water partition coefficient (Wildman–Crippen LogP) is 11.5. The summed E-state index contributed by atoms with van der Waals surface area (Å²) in [5, 5.41) is 31.2. The number of amides is 1. The number of carboxylic acids is 1. The molecular weight excluding hydrogens is 1300 g/mol. The van der Waals surface area contributed by atoms with E-state index in [9.17, 15) is 19.5 Å². The van der Waals surface area contributed by atoms with Crippen molar-refractivity contribution in [3.63, 3.8) is 0 Å². The molecule has 0 aliphatic heterocycles. The Labute approximate surface area is 620 Å². The van der Waals surface area contributed by atoms with Crippen LogP contribution < -0.4 is 93.8 Å². The van der Waals surface area contributed by atoms with Crippen molar-refractivity contribution in [2.75, 3.05) is 30.4 Å². The molecule has 0 saturated heterocycles. The van der Waals surface area contributed by atoms with Gasteiger partial charge in [0, 0.05) is 109 Å².